The van der Waals surface area contributed by atoms with Crippen LogP contribution in [0.5, 0.6) is 0 Å². The Morgan fingerprint density at radius 1 is 0.286 bits per heavy atom. The Hall–Kier alpha value is -0.120. The van der Waals surface area contributed by atoms with Gasteiger partial charge in [0.25, 0.3) is 0 Å². The lowest BCUT2D eigenvalue weighted by Gasteiger charge is -2.03. The van der Waals surface area contributed by atoms with Crippen molar-refractivity contribution >= 4 is 0 Å². The second-order valence-electron chi connectivity index (χ2n) is 6.90. The molecule has 0 atom stereocenters. The molecule has 3 heteroatoms. The van der Waals surface area contributed by atoms with Gasteiger partial charge in [0, 0.05) is 26.4 Å². The van der Waals surface area contributed by atoms with Crippen molar-refractivity contribution in [3.8, 4) is 0 Å². The Kier molecular flexibility index (Phi) is 57.5. The normalized spacial score (nSPS) is 9.43. The third-order valence-electron chi connectivity index (χ3n) is 3.56. The molecule has 0 saturated carbocycles. The molecule has 0 radical (unpaired) electrons. The highest BCUT2D eigenvalue weighted by Gasteiger charge is 1.87. The van der Waals surface area contributed by atoms with Crippen LogP contribution in [-0.2, 0) is 14.2 Å². The minimum atomic E-state index is 0.748. The minimum absolute atomic E-state index is 0.748. The largest absolute Gasteiger partial charge is 0.381 e. The molecular formula is C25H58O3. The summed E-state index contributed by atoms with van der Waals surface area (Å²) in [5.74, 6) is 0. The molecule has 0 spiro atoms. The molecule has 176 valence electrons. The third kappa shape index (κ3) is 63.5. The van der Waals surface area contributed by atoms with Crippen molar-refractivity contribution in [3.05, 3.63) is 0 Å². The molecule has 0 saturated heterocycles. The van der Waals surface area contributed by atoms with Crippen LogP contribution in [0.1, 0.15) is 126 Å². The summed E-state index contributed by atoms with van der Waals surface area (Å²) in [5.41, 5.74) is 0. The zero-order chi connectivity index (χ0) is 22.1. The van der Waals surface area contributed by atoms with Gasteiger partial charge in [-0.1, -0.05) is 100 Å². The number of ether oxygens (including phenoxy) is 3. The Balaban J connectivity index is -0.000000148. The van der Waals surface area contributed by atoms with Crippen LogP contribution in [0.25, 0.3) is 0 Å². The van der Waals surface area contributed by atoms with Crippen LogP contribution in [0.15, 0.2) is 0 Å². The highest BCUT2D eigenvalue weighted by atomic mass is 16.5. The first-order valence-corrected chi connectivity index (χ1v) is 12.4. The number of hydrogen-bond donors (Lipinski definition) is 0. The molecule has 0 amide bonds. The maximum Gasteiger partial charge on any atom is 0.0700 e. The number of hydrogen-bond acceptors (Lipinski definition) is 3. The number of unbranched alkanes of at least 4 members (excludes halogenated alkanes) is 5. The van der Waals surface area contributed by atoms with Gasteiger partial charge in [0.05, 0.1) is 13.2 Å². The van der Waals surface area contributed by atoms with Crippen LogP contribution >= 0.6 is 0 Å². The summed E-state index contributed by atoms with van der Waals surface area (Å²) >= 11 is 0. The molecule has 0 unspecified atom stereocenters. The molecular weight excluding hydrogens is 348 g/mol. The van der Waals surface area contributed by atoms with Gasteiger partial charge in [-0.25, -0.2) is 0 Å². The summed E-state index contributed by atoms with van der Waals surface area (Å²) < 4.78 is 15.8. The quantitative estimate of drug-likeness (QED) is 0.241. The standard InChI is InChI=1S/C9H20O2.C7H16O.C5H12.C4H10/c1-3-5-7-11-9-8-10-6-4-2;1-3-5-7-8-6-4-2;1-3-5-4-2;1-3-4-2/h3-9H2,1-2H3;3-7H2,1-2H3;3-5H2,1-2H3;3-4H2,1-2H3. The molecule has 0 aromatic heterocycles. The van der Waals surface area contributed by atoms with Crippen molar-refractivity contribution in [2.24, 2.45) is 0 Å². The Morgan fingerprint density at radius 2 is 0.607 bits per heavy atom. The molecule has 28 heavy (non-hydrogen) atoms. The lowest BCUT2D eigenvalue weighted by Crippen LogP contribution is -2.05. The minimum Gasteiger partial charge on any atom is -0.381 e. The molecule has 0 aromatic rings. The van der Waals surface area contributed by atoms with Crippen LogP contribution in [0.4, 0.5) is 0 Å². The average Bonchev–Trinajstić information content (AvgIpc) is 2.72. The summed E-state index contributed by atoms with van der Waals surface area (Å²) in [4.78, 5) is 0. The van der Waals surface area contributed by atoms with Crippen molar-refractivity contribution in [2.45, 2.75) is 126 Å². The van der Waals surface area contributed by atoms with Crippen LogP contribution in [0.3, 0.4) is 0 Å². The first-order valence-electron chi connectivity index (χ1n) is 12.4. The molecule has 3 nitrogen and oxygen atoms in total. The van der Waals surface area contributed by atoms with E-state index in [1.165, 1.54) is 51.4 Å². The molecule has 0 aliphatic heterocycles. The highest BCUT2D eigenvalue weighted by Crippen LogP contribution is 1.89. The van der Waals surface area contributed by atoms with Gasteiger partial charge < -0.3 is 14.2 Å². The first-order chi connectivity index (χ1) is 13.7. The van der Waals surface area contributed by atoms with E-state index >= 15 is 0 Å². The van der Waals surface area contributed by atoms with Crippen LogP contribution in [0.2, 0.25) is 0 Å². The maximum absolute atomic E-state index is 5.30. The van der Waals surface area contributed by atoms with Gasteiger partial charge in [0.1, 0.15) is 0 Å². The van der Waals surface area contributed by atoms with Crippen molar-refractivity contribution in [3.63, 3.8) is 0 Å². The summed E-state index contributed by atoms with van der Waals surface area (Å²) in [6.45, 7) is 22.5. The van der Waals surface area contributed by atoms with E-state index in [-0.39, 0.29) is 0 Å². The van der Waals surface area contributed by atoms with Crippen molar-refractivity contribution in [1.29, 1.82) is 0 Å². The van der Waals surface area contributed by atoms with E-state index in [2.05, 4.69) is 55.4 Å². The second-order valence-corrected chi connectivity index (χ2v) is 6.90. The van der Waals surface area contributed by atoms with Crippen molar-refractivity contribution in [1.82, 2.24) is 0 Å². The summed E-state index contributed by atoms with van der Waals surface area (Å²) in [6, 6.07) is 0. The fourth-order valence-corrected chi connectivity index (χ4v) is 1.56. The lowest BCUT2D eigenvalue weighted by atomic mass is 10.3. The van der Waals surface area contributed by atoms with E-state index in [0.29, 0.717) is 0 Å². The fourth-order valence-electron chi connectivity index (χ4n) is 1.56. The Morgan fingerprint density at radius 3 is 0.857 bits per heavy atom. The van der Waals surface area contributed by atoms with Gasteiger partial charge in [-0.3, -0.25) is 0 Å². The van der Waals surface area contributed by atoms with E-state index in [0.717, 1.165) is 58.9 Å². The second kappa shape index (κ2) is 45.6. The Labute approximate surface area is 180 Å². The average molecular weight is 407 g/mol. The summed E-state index contributed by atoms with van der Waals surface area (Å²) in [5, 5.41) is 0. The molecule has 0 aliphatic carbocycles. The fraction of sp³-hybridized carbons (Fsp3) is 1.00. The molecule has 0 bridgehead atoms. The van der Waals surface area contributed by atoms with Gasteiger partial charge >= 0.3 is 0 Å². The summed E-state index contributed by atoms with van der Waals surface area (Å²) in [7, 11) is 0. The van der Waals surface area contributed by atoms with Crippen molar-refractivity contribution in [2.75, 3.05) is 39.6 Å². The SMILES string of the molecule is CCCC.CCCCC.CCCCOCCC.CCCCOCCOCCC. The molecule has 0 N–H and O–H groups in total. The predicted molar refractivity (Wildman–Crippen MR) is 129 cm³/mol. The van der Waals surface area contributed by atoms with Crippen molar-refractivity contribution < 1.29 is 14.2 Å². The van der Waals surface area contributed by atoms with Gasteiger partial charge in [-0.15, -0.1) is 0 Å². The highest BCUT2D eigenvalue weighted by molar-refractivity contribution is 4.33. The van der Waals surface area contributed by atoms with Crippen LogP contribution < -0.4 is 0 Å². The van der Waals surface area contributed by atoms with E-state index in [9.17, 15) is 0 Å². The molecule has 0 fully saturated rings. The van der Waals surface area contributed by atoms with Gasteiger partial charge in [0.2, 0.25) is 0 Å². The van der Waals surface area contributed by atoms with Crippen LogP contribution in [-0.4, -0.2) is 39.6 Å². The van der Waals surface area contributed by atoms with E-state index < -0.39 is 0 Å². The van der Waals surface area contributed by atoms with Gasteiger partial charge in [-0.05, 0) is 25.7 Å². The monoisotopic (exact) mass is 406 g/mol. The van der Waals surface area contributed by atoms with Crippen LogP contribution in [0, 0.1) is 0 Å². The van der Waals surface area contributed by atoms with Gasteiger partial charge in [0.15, 0.2) is 0 Å². The molecule has 0 rings (SSSR count). The topological polar surface area (TPSA) is 27.7 Å². The molecule has 0 heterocycles. The number of rotatable bonds is 16. The zero-order valence-electron chi connectivity index (χ0n) is 21.2. The smallest absolute Gasteiger partial charge is 0.0700 e. The third-order valence-corrected chi connectivity index (χ3v) is 3.56. The molecule has 0 aliphatic rings. The predicted octanol–water partition coefficient (Wildman–Crippen LogP) is 8.45. The lowest BCUT2D eigenvalue weighted by molar-refractivity contribution is 0.0470. The van der Waals surface area contributed by atoms with Gasteiger partial charge in [-0.2, -0.15) is 0 Å². The first kappa shape index (κ1) is 35.3. The maximum atomic E-state index is 5.30. The van der Waals surface area contributed by atoms with E-state index in [4.69, 9.17) is 14.2 Å². The zero-order valence-corrected chi connectivity index (χ0v) is 21.2. The Bertz CT molecular complexity index is 169. The summed E-state index contributed by atoms with van der Waals surface area (Å²) in [6.07, 6.45) is 13.8. The molecule has 0 aromatic carbocycles. The van der Waals surface area contributed by atoms with E-state index in [1.807, 2.05) is 0 Å². The van der Waals surface area contributed by atoms with E-state index in [1.54, 1.807) is 0 Å².